The van der Waals surface area contributed by atoms with Gasteiger partial charge in [-0.1, -0.05) is 12.2 Å². The van der Waals surface area contributed by atoms with E-state index in [1.54, 1.807) is 0 Å². The maximum absolute atomic E-state index is 11.8. The topological polar surface area (TPSA) is 41.1 Å². The predicted octanol–water partition coefficient (Wildman–Crippen LogP) is 1.31. The number of nitrogens with one attached hydrogen (secondary N) is 2. The van der Waals surface area contributed by atoms with Gasteiger partial charge in [0.2, 0.25) is 5.91 Å². The van der Waals surface area contributed by atoms with Gasteiger partial charge in [-0.3, -0.25) is 4.79 Å². The van der Waals surface area contributed by atoms with Crippen LogP contribution in [0.1, 0.15) is 25.7 Å². The first-order valence-corrected chi connectivity index (χ1v) is 7.25. The van der Waals surface area contributed by atoms with E-state index in [2.05, 4.69) is 22.8 Å². The van der Waals surface area contributed by atoms with E-state index in [1.807, 2.05) is 11.8 Å². The van der Waals surface area contributed by atoms with Crippen LogP contribution >= 0.6 is 11.8 Å². The number of thioether (sulfide) groups is 1. The number of rotatable bonds is 3. The summed E-state index contributed by atoms with van der Waals surface area (Å²) in [6, 6.07) is 0.742. The molecule has 2 unspecified atom stereocenters. The van der Waals surface area contributed by atoms with Crippen LogP contribution in [0.4, 0.5) is 0 Å². The summed E-state index contributed by atoms with van der Waals surface area (Å²) >= 11 is 1.94. The molecule has 2 rings (SSSR count). The molecule has 1 fully saturated rings. The Labute approximate surface area is 101 Å². The molecule has 0 aromatic heterocycles. The van der Waals surface area contributed by atoms with Crippen LogP contribution in [-0.4, -0.2) is 36.0 Å². The highest BCUT2D eigenvalue weighted by Gasteiger charge is 2.18. The maximum Gasteiger partial charge on any atom is 0.221 e. The lowest BCUT2D eigenvalue weighted by Crippen LogP contribution is -2.43. The van der Waals surface area contributed by atoms with Crippen molar-refractivity contribution in [2.75, 3.05) is 18.1 Å². The fourth-order valence-corrected chi connectivity index (χ4v) is 3.13. The number of amides is 1. The van der Waals surface area contributed by atoms with Crippen LogP contribution in [0.25, 0.3) is 0 Å². The van der Waals surface area contributed by atoms with Gasteiger partial charge in [0, 0.05) is 36.6 Å². The van der Waals surface area contributed by atoms with E-state index in [4.69, 9.17) is 0 Å². The molecule has 0 saturated carbocycles. The van der Waals surface area contributed by atoms with Gasteiger partial charge in [0.1, 0.15) is 0 Å². The van der Waals surface area contributed by atoms with Crippen molar-refractivity contribution in [3.05, 3.63) is 12.2 Å². The lowest BCUT2D eigenvalue weighted by atomic mass is 10.0. The molecule has 1 amide bonds. The zero-order valence-corrected chi connectivity index (χ0v) is 10.4. The molecular formula is C12H20N2OS. The van der Waals surface area contributed by atoms with Crippen molar-refractivity contribution in [2.24, 2.45) is 0 Å². The zero-order chi connectivity index (χ0) is 11.2. The van der Waals surface area contributed by atoms with E-state index < -0.39 is 0 Å². The van der Waals surface area contributed by atoms with Gasteiger partial charge in [-0.15, -0.1) is 0 Å². The first-order valence-electron chi connectivity index (χ1n) is 6.10. The van der Waals surface area contributed by atoms with Crippen molar-refractivity contribution in [1.29, 1.82) is 0 Å². The van der Waals surface area contributed by atoms with Crippen LogP contribution in [0.5, 0.6) is 0 Å². The molecule has 16 heavy (non-hydrogen) atoms. The number of carbonyl (C=O) groups is 1. The van der Waals surface area contributed by atoms with Crippen molar-refractivity contribution >= 4 is 17.7 Å². The summed E-state index contributed by atoms with van der Waals surface area (Å²) in [5, 5.41) is 6.52. The van der Waals surface area contributed by atoms with Gasteiger partial charge in [-0.25, -0.2) is 0 Å². The van der Waals surface area contributed by atoms with Gasteiger partial charge in [0.25, 0.3) is 0 Å². The van der Waals surface area contributed by atoms with Crippen LogP contribution in [0.2, 0.25) is 0 Å². The first kappa shape index (κ1) is 12.0. The van der Waals surface area contributed by atoms with E-state index >= 15 is 0 Å². The second kappa shape index (κ2) is 6.30. The number of hydrogen-bond acceptors (Lipinski definition) is 3. The zero-order valence-electron chi connectivity index (χ0n) is 9.58. The Morgan fingerprint density at radius 2 is 2.44 bits per heavy atom. The van der Waals surface area contributed by atoms with Gasteiger partial charge in [-0.05, 0) is 19.3 Å². The molecular weight excluding hydrogens is 220 g/mol. The fourth-order valence-electron chi connectivity index (χ4n) is 2.19. The predicted molar refractivity (Wildman–Crippen MR) is 68.7 cm³/mol. The Morgan fingerprint density at radius 3 is 3.12 bits per heavy atom. The normalized spacial score (nSPS) is 30.0. The first-order chi connectivity index (χ1) is 7.84. The Hall–Kier alpha value is -0.480. The second-order valence-electron chi connectivity index (χ2n) is 4.48. The van der Waals surface area contributed by atoms with E-state index in [-0.39, 0.29) is 5.91 Å². The Morgan fingerprint density at radius 1 is 1.50 bits per heavy atom. The van der Waals surface area contributed by atoms with Crippen molar-refractivity contribution < 1.29 is 4.79 Å². The van der Waals surface area contributed by atoms with Gasteiger partial charge in [-0.2, -0.15) is 11.8 Å². The Balaban J connectivity index is 1.68. The van der Waals surface area contributed by atoms with Crippen LogP contribution in [0.15, 0.2) is 12.2 Å². The fraction of sp³-hybridized carbons (Fsp3) is 0.750. The smallest absolute Gasteiger partial charge is 0.221 e. The molecule has 1 saturated heterocycles. The summed E-state index contributed by atoms with van der Waals surface area (Å²) in [5.74, 6) is 2.45. The standard InChI is InChI=1S/C12H20N2OS/c15-12(8-11-9-16-7-6-13-11)14-10-4-2-1-3-5-10/h1-2,10-11,13H,3-9H2,(H,14,15). The third-order valence-electron chi connectivity index (χ3n) is 3.06. The molecule has 0 bridgehead atoms. The van der Waals surface area contributed by atoms with Gasteiger partial charge in [0.05, 0.1) is 0 Å². The van der Waals surface area contributed by atoms with E-state index in [9.17, 15) is 4.79 Å². The Bertz CT molecular complexity index is 262. The minimum atomic E-state index is 0.209. The average molecular weight is 240 g/mol. The van der Waals surface area contributed by atoms with Gasteiger partial charge in [0.15, 0.2) is 0 Å². The molecule has 0 aromatic rings. The van der Waals surface area contributed by atoms with Crippen molar-refractivity contribution in [2.45, 2.75) is 37.8 Å². The molecule has 1 aliphatic carbocycles. The van der Waals surface area contributed by atoms with Crippen LogP contribution in [0.3, 0.4) is 0 Å². The van der Waals surface area contributed by atoms with Crippen molar-refractivity contribution in [3.8, 4) is 0 Å². The Kier molecular flexibility index (Phi) is 4.72. The molecule has 0 radical (unpaired) electrons. The minimum absolute atomic E-state index is 0.209. The number of hydrogen-bond donors (Lipinski definition) is 2. The second-order valence-corrected chi connectivity index (χ2v) is 5.63. The van der Waals surface area contributed by atoms with Crippen LogP contribution < -0.4 is 10.6 Å². The van der Waals surface area contributed by atoms with Gasteiger partial charge >= 0.3 is 0 Å². The molecule has 1 heterocycles. The molecule has 0 aromatic carbocycles. The molecule has 3 nitrogen and oxygen atoms in total. The molecule has 90 valence electrons. The lowest BCUT2D eigenvalue weighted by molar-refractivity contribution is -0.122. The third-order valence-corrected chi connectivity index (χ3v) is 4.20. The largest absolute Gasteiger partial charge is 0.353 e. The SMILES string of the molecule is O=C(CC1CSCCN1)NC1CC=CCC1. The summed E-state index contributed by atoms with van der Waals surface area (Å²) in [6.45, 7) is 1.04. The summed E-state index contributed by atoms with van der Waals surface area (Å²) in [6.07, 6.45) is 8.19. The molecule has 4 heteroatoms. The summed E-state index contributed by atoms with van der Waals surface area (Å²) in [7, 11) is 0. The van der Waals surface area contributed by atoms with Crippen molar-refractivity contribution in [1.82, 2.24) is 10.6 Å². The lowest BCUT2D eigenvalue weighted by Gasteiger charge is -2.24. The van der Waals surface area contributed by atoms with Gasteiger partial charge < -0.3 is 10.6 Å². The monoisotopic (exact) mass is 240 g/mol. The van der Waals surface area contributed by atoms with Crippen molar-refractivity contribution in [3.63, 3.8) is 0 Å². The quantitative estimate of drug-likeness (QED) is 0.731. The molecule has 0 spiro atoms. The van der Waals surface area contributed by atoms with Crippen LogP contribution in [0, 0.1) is 0 Å². The highest BCUT2D eigenvalue weighted by atomic mass is 32.2. The molecule has 2 N–H and O–H groups in total. The molecule has 2 aliphatic rings. The van der Waals surface area contributed by atoms with E-state index in [1.165, 1.54) is 5.75 Å². The minimum Gasteiger partial charge on any atom is -0.353 e. The van der Waals surface area contributed by atoms with Crippen LogP contribution in [-0.2, 0) is 4.79 Å². The maximum atomic E-state index is 11.8. The highest BCUT2D eigenvalue weighted by molar-refractivity contribution is 7.99. The van der Waals surface area contributed by atoms with E-state index in [0.29, 0.717) is 18.5 Å². The highest BCUT2D eigenvalue weighted by Crippen LogP contribution is 2.13. The molecule has 2 atom stereocenters. The number of allylic oxidation sites excluding steroid dienone is 1. The average Bonchev–Trinajstić information content (AvgIpc) is 2.31. The molecule has 1 aliphatic heterocycles. The third kappa shape index (κ3) is 3.83. The van der Waals surface area contributed by atoms with E-state index in [0.717, 1.165) is 31.6 Å². The summed E-state index contributed by atoms with van der Waals surface area (Å²) < 4.78 is 0. The summed E-state index contributed by atoms with van der Waals surface area (Å²) in [4.78, 5) is 11.8. The summed E-state index contributed by atoms with van der Waals surface area (Å²) in [5.41, 5.74) is 0. The number of carbonyl (C=O) groups excluding carboxylic acids is 1.